The van der Waals surface area contributed by atoms with Crippen LogP contribution in [0, 0.1) is 37.3 Å². The lowest BCUT2D eigenvalue weighted by Crippen LogP contribution is -2.15. The minimum absolute atomic E-state index is 0.0222. The van der Waals surface area contributed by atoms with Crippen LogP contribution in [0.2, 0.25) is 0 Å². The largest absolute Gasteiger partial charge is 0.494 e. The molecule has 2 heterocycles. The quantitative estimate of drug-likeness (QED) is 0.0747. The van der Waals surface area contributed by atoms with Gasteiger partial charge in [-0.05, 0) is 134 Å². The molecule has 0 atom stereocenters. The van der Waals surface area contributed by atoms with Gasteiger partial charge in [-0.1, -0.05) is 23.3 Å². The highest BCUT2D eigenvalue weighted by molar-refractivity contribution is 7.60. The average molecular weight is 833 g/mol. The summed E-state index contributed by atoms with van der Waals surface area (Å²) < 4.78 is 68.5. The number of furan rings is 2. The van der Waals surface area contributed by atoms with E-state index in [1.165, 1.54) is 0 Å². The predicted molar refractivity (Wildman–Crippen MR) is 222 cm³/mol. The van der Waals surface area contributed by atoms with E-state index in [0.29, 0.717) is 53.5 Å². The zero-order chi connectivity index (χ0) is 42.9. The maximum absolute atomic E-state index is 13.0. The number of ether oxygens (including phenoxy) is 2. The van der Waals surface area contributed by atoms with Gasteiger partial charge in [0.15, 0.2) is 11.6 Å². The van der Waals surface area contributed by atoms with Crippen molar-refractivity contribution in [2.24, 2.45) is 5.73 Å². The molecule has 0 amide bonds. The molecule has 14 nitrogen and oxygen atoms in total. The van der Waals surface area contributed by atoms with E-state index in [-0.39, 0.29) is 11.6 Å². The highest BCUT2D eigenvalue weighted by Gasteiger charge is 2.21. The summed E-state index contributed by atoms with van der Waals surface area (Å²) in [4.78, 5) is 28.0. The molecule has 0 fully saturated rings. The fraction of sp³-hybridized carbons (Fsp3) is 0.286. The second kappa shape index (κ2) is 22.7. The van der Waals surface area contributed by atoms with Crippen LogP contribution < -0.4 is 15.2 Å². The van der Waals surface area contributed by atoms with E-state index in [1.807, 2.05) is 115 Å². The van der Waals surface area contributed by atoms with E-state index in [9.17, 15) is 9.59 Å². The summed E-state index contributed by atoms with van der Waals surface area (Å²) in [7, 11) is -1.13. The zero-order valence-corrected chi connectivity index (χ0v) is 34.9. The Morgan fingerprint density at radius 2 is 0.983 bits per heavy atom. The second-order valence-corrected chi connectivity index (χ2v) is 14.2. The Balaban J connectivity index is 0.000000263. The van der Waals surface area contributed by atoms with E-state index in [2.05, 4.69) is 4.90 Å². The molecule has 0 saturated heterocycles. The number of hydrogen-bond donors (Lipinski definition) is 3. The highest BCUT2D eigenvalue weighted by atomic mass is 32.2. The van der Waals surface area contributed by atoms with Crippen LogP contribution in [0.3, 0.4) is 0 Å². The van der Waals surface area contributed by atoms with Gasteiger partial charge < -0.3 is 28.9 Å². The van der Waals surface area contributed by atoms with Crippen molar-refractivity contribution in [2.75, 3.05) is 40.4 Å². The van der Waals surface area contributed by atoms with Crippen LogP contribution in [0.1, 0.15) is 67.3 Å². The van der Waals surface area contributed by atoms with Gasteiger partial charge in [-0.25, -0.2) is 0 Å². The van der Waals surface area contributed by atoms with Crippen LogP contribution >= 0.6 is 0 Å². The van der Waals surface area contributed by atoms with Crippen LogP contribution in [-0.2, 0) is 21.0 Å². The lowest BCUT2D eigenvalue weighted by Gasteiger charge is -2.10. The molecule has 0 aliphatic heterocycles. The second-order valence-electron chi connectivity index (χ2n) is 13.2. The number of nitrogens with two attached hydrogens (primary N) is 1. The van der Waals surface area contributed by atoms with Gasteiger partial charge in [0.1, 0.15) is 34.2 Å². The molecule has 6 aromatic rings. The van der Waals surface area contributed by atoms with Crippen molar-refractivity contribution in [1.29, 1.82) is 9.56 Å². The Kier molecular flexibility index (Phi) is 18.2. The molecule has 308 valence electrons. The Morgan fingerprint density at radius 3 is 1.33 bits per heavy atom. The smallest absolute Gasteiger partial charge is 0.308 e. The normalized spacial score (nSPS) is 10.4. The van der Waals surface area contributed by atoms with Gasteiger partial charge in [0.05, 0.1) is 24.3 Å². The summed E-state index contributed by atoms with van der Waals surface area (Å²) in [6.07, 6.45) is 1.77. The number of nitrogens with one attached hydrogen (secondary N) is 2. The summed E-state index contributed by atoms with van der Waals surface area (Å²) in [5.41, 5.74) is 11.7. The van der Waals surface area contributed by atoms with Crippen LogP contribution in [0.25, 0.3) is 21.9 Å². The zero-order valence-electron chi connectivity index (χ0n) is 33.2. The van der Waals surface area contributed by atoms with E-state index < -0.39 is 21.0 Å². The maximum atomic E-state index is 13.0. The average Bonchev–Trinajstić information content (AvgIpc) is 3.67. The first-order valence-electron chi connectivity index (χ1n) is 18.0. The Bertz CT molecular complexity index is 2510. The van der Waals surface area contributed by atoms with E-state index >= 15 is 0 Å². The van der Waals surface area contributed by atoms with Crippen molar-refractivity contribution < 1.29 is 44.7 Å². The molecule has 0 bridgehead atoms. The van der Waals surface area contributed by atoms with Crippen LogP contribution in [0.5, 0.6) is 11.5 Å². The van der Waals surface area contributed by atoms with Gasteiger partial charge in [0.25, 0.3) is 0 Å². The molecule has 0 aliphatic rings. The van der Waals surface area contributed by atoms with Gasteiger partial charge in [0.2, 0.25) is 0 Å². The van der Waals surface area contributed by atoms with Gasteiger partial charge in [-0.3, -0.25) is 9.59 Å². The predicted octanol–water partition coefficient (Wildman–Crippen LogP) is 7.88. The Hall–Kier alpha value is -5.94. The number of carbonyl (C=O) groups excluding carboxylic acids is 2. The van der Waals surface area contributed by atoms with Gasteiger partial charge >= 0.3 is 21.0 Å². The number of nitrogens with zero attached hydrogens (tertiary/aromatic N) is 1. The third-order valence-corrected chi connectivity index (χ3v) is 8.36. The molecule has 4 N–H and O–H groups in total. The maximum Gasteiger partial charge on any atom is 0.308 e. The van der Waals surface area contributed by atoms with Gasteiger partial charge in [0, 0.05) is 28.4 Å². The van der Waals surface area contributed by atoms with Gasteiger partial charge in [-0.15, -0.1) is 0 Å². The summed E-state index contributed by atoms with van der Waals surface area (Å²) in [5.74, 6) is 2.76. The standard InChI is InChI=1S/C22H25NO3.C20H21NO3.2HNO2S/c1-15-6-11-20-19(14-15)21(16(2)26-20)22(24)17-7-9-18(10-8-17)25-13-5-12-23(3)4;1-13-4-9-18-17(12-13)19(14(2)24-18)20(22)15-5-7-16(8-6-15)23-11-3-10-21;2*1-4(2)3/h6-11,14H,5,12-13H2,1-4H3;4-9,12H,3,10-11,21H2,1-2H3;2*1H. The summed E-state index contributed by atoms with van der Waals surface area (Å²) in [5, 5.41) is 1.73. The Morgan fingerprint density at radius 1 is 0.621 bits per heavy atom. The molecule has 0 aliphatic carbocycles. The number of benzene rings is 4. The molecule has 0 saturated carbocycles. The third-order valence-electron chi connectivity index (χ3n) is 8.36. The first-order valence-corrected chi connectivity index (χ1v) is 20.2. The Labute approximate surface area is 340 Å². The molecule has 2 aromatic heterocycles. The SMILES string of the molecule is Cc1ccc2oc(C)c(C(=O)c3ccc(OCCCN(C)C)cc3)c2c1.Cc1ccc2oc(C)c(C(=O)c3ccc(OCCCN)cc3)c2c1.N=S(=O)=O.N=S(=O)=O. The number of carbonyl (C=O) groups is 2. The van der Waals surface area contributed by atoms with Crippen molar-refractivity contribution in [3.8, 4) is 11.5 Å². The number of aryl methyl sites for hydroxylation is 4. The molecule has 6 rings (SSSR count). The van der Waals surface area contributed by atoms with Crippen molar-refractivity contribution in [1.82, 2.24) is 4.90 Å². The lowest BCUT2D eigenvalue weighted by atomic mass is 9.99. The number of fused-ring (bicyclic) bond motifs is 2. The molecule has 0 radical (unpaired) electrons. The molecule has 16 heteroatoms. The van der Waals surface area contributed by atoms with E-state index in [1.54, 1.807) is 12.1 Å². The fourth-order valence-corrected chi connectivity index (χ4v) is 5.77. The van der Waals surface area contributed by atoms with Crippen molar-refractivity contribution in [3.63, 3.8) is 0 Å². The number of rotatable bonds is 13. The topological polar surface area (TPSA) is 224 Å². The molecular weight excluding hydrogens is 785 g/mol. The lowest BCUT2D eigenvalue weighted by molar-refractivity contribution is 0.103. The summed E-state index contributed by atoms with van der Waals surface area (Å²) in [6.45, 7) is 10.5. The number of hydrogen-bond acceptors (Lipinski definition) is 14. The summed E-state index contributed by atoms with van der Waals surface area (Å²) >= 11 is 0. The third kappa shape index (κ3) is 14.2. The van der Waals surface area contributed by atoms with E-state index in [0.717, 1.165) is 64.0 Å². The minimum atomic E-state index is -2.61. The molecule has 0 spiro atoms. The minimum Gasteiger partial charge on any atom is -0.494 e. The molecule has 0 unspecified atom stereocenters. The first-order chi connectivity index (χ1) is 27.5. The van der Waals surface area contributed by atoms with Crippen LogP contribution in [0.15, 0.2) is 93.8 Å². The highest BCUT2D eigenvalue weighted by Crippen LogP contribution is 2.30. The molecular formula is C42H48N4O10S2. The van der Waals surface area contributed by atoms with E-state index in [4.69, 9.17) is 50.4 Å². The van der Waals surface area contributed by atoms with Crippen molar-refractivity contribution in [3.05, 3.63) is 130 Å². The van der Waals surface area contributed by atoms with Crippen molar-refractivity contribution in [2.45, 2.75) is 40.5 Å². The molecule has 4 aromatic carbocycles. The van der Waals surface area contributed by atoms with Crippen LogP contribution in [-0.4, -0.2) is 73.7 Å². The monoisotopic (exact) mass is 832 g/mol. The number of ketones is 2. The van der Waals surface area contributed by atoms with Crippen molar-refractivity contribution >= 4 is 54.5 Å². The van der Waals surface area contributed by atoms with Crippen LogP contribution in [0.4, 0.5) is 0 Å². The molecule has 58 heavy (non-hydrogen) atoms. The summed E-state index contributed by atoms with van der Waals surface area (Å²) in [6, 6.07) is 26.3. The fourth-order valence-electron chi connectivity index (χ4n) is 5.77. The first kappa shape index (κ1) is 46.4. The van der Waals surface area contributed by atoms with Gasteiger partial charge in [-0.2, -0.15) is 26.4 Å².